The molecule has 0 aliphatic carbocycles. The van der Waals surface area contributed by atoms with Crippen molar-refractivity contribution in [2.75, 3.05) is 26.0 Å². The SMILES string of the molecule is CN1C(=O)O/C(=C\c2ccc(N(C)C)s2)C1=O. The first kappa shape index (κ1) is 11.7. The zero-order valence-electron chi connectivity index (χ0n) is 9.76. The highest BCUT2D eigenvalue weighted by Crippen LogP contribution is 2.27. The first-order valence-corrected chi connectivity index (χ1v) is 5.79. The van der Waals surface area contributed by atoms with Crippen molar-refractivity contribution in [3.63, 3.8) is 0 Å². The molecular formula is C11H12N2O3S. The lowest BCUT2D eigenvalue weighted by Crippen LogP contribution is -2.23. The molecule has 1 aliphatic rings. The monoisotopic (exact) mass is 252 g/mol. The summed E-state index contributed by atoms with van der Waals surface area (Å²) in [6.07, 6.45) is 0.951. The van der Waals surface area contributed by atoms with Gasteiger partial charge in [0.15, 0.2) is 5.76 Å². The maximum absolute atomic E-state index is 11.6. The molecule has 1 aromatic heterocycles. The Balaban J connectivity index is 2.25. The molecule has 1 saturated heterocycles. The molecule has 5 nitrogen and oxygen atoms in total. The molecule has 90 valence electrons. The highest BCUT2D eigenvalue weighted by molar-refractivity contribution is 7.16. The zero-order chi connectivity index (χ0) is 12.6. The van der Waals surface area contributed by atoms with E-state index >= 15 is 0 Å². The summed E-state index contributed by atoms with van der Waals surface area (Å²) in [6.45, 7) is 0. The van der Waals surface area contributed by atoms with Crippen molar-refractivity contribution in [2.45, 2.75) is 0 Å². The van der Waals surface area contributed by atoms with Crippen molar-refractivity contribution in [3.05, 3.63) is 22.8 Å². The Bertz CT molecular complexity index is 505. The number of carbonyl (C=O) groups is 2. The lowest BCUT2D eigenvalue weighted by Gasteiger charge is -2.06. The Labute approximate surface area is 103 Å². The first-order chi connectivity index (χ1) is 7.99. The molecule has 2 rings (SSSR count). The van der Waals surface area contributed by atoms with E-state index in [1.54, 1.807) is 6.08 Å². The van der Waals surface area contributed by atoms with Crippen LogP contribution in [-0.4, -0.2) is 38.0 Å². The number of likely N-dealkylation sites (N-methyl/N-ethyl adjacent to an activating group) is 1. The summed E-state index contributed by atoms with van der Waals surface area (Å²) in [5.74, 6) is -0.334. The lowest BCUT2D eigenvalue weighted by molar-refractivity contribution is -0.122. The molecule has 0 saturated carbocycles. The highest BCUT2D eigenvalue weighted by atomic mass is 32.1. The van der Waals surface area contributed by atoms with Crippen molar-refractivity contribution in [1.29, 1.82) is 0 Å². The van der Waals surface area contributed by atoms with Crippen LogP contribution in [0.2, 0.25) is 0 Å². The number of amides is 2. The Morgan fingerprint density at radius 2 is 2.06 bits per heavy atom. The minimum absolute atomic E-state index is 0.0738. The minimum Gasteiger partial charge on any atom is -0.404 e. The van der Waals surface area contributed by atoms with Gasteiger partial charge in [0.25, 0.3) is 5.91 Å². The number of hydrogen-bond acceptors (Lipinski definition) is 5. The van der Waals surface area contributed by atoms with Gasteiger partial charge in [-0.2, -0.15) is 0 Å². The van der Waals surface area contributed by atoms with Crippen LogP contribution < -0.4 is 4.90 Å². The van der Waals surface area contributed by atoms with Crippen LogP contribution in [0.4, 0.5) is 9.80 Å². The van der Waals surface area contributed by atoms with E-state index in [1.807, 2.05) is 31.1 Å². The summed E-state index contributed by atoms with van der Waals surface area (Å²) in [5, 5.41) is 1.07. The fourth-order valence-electron chi connectivity index (χ4n) is 1.33. The molecule has 0 N–H and O–H groups in total. The average molecular weight is 252 g/mol. The molecule has 2 amide bonds. The summed E-state index contributed by atoms with van der Waals surface area (Å²) >= 11 is 1.52. The minimum atomic E-state index is -0.634. The second-order valence-electron chi connectivity index (χ2n) is 3.81. The van der Waals surface area contributed by atoms with Crippen molar-refractivity contribution in [1.82, 2.24) is 4.90 Å². The second-order valence-corrected chi connectivity index (χ2v) is 4.90. The standard InChI is InChI=1S/C11H12N2O3S/c1-12(2)9-5-4-7(17-9)6-8-10(14)13(3)11(15)16-8/h4-6H,1-3H3/b8-6-. The molecule has 0 atom stereocenters. The van der Waals surface area contributed by atoms with Crippen LogP contribution >= 0.6 is 11.3 Å². The zero-order valence-corrected chi connectivity index (χ0v) is 10.6. The summed E-state index contributed by atoms with van der Waals surface area (Å²) in [5.41, 5.74) is 0. The quantitative estimate of drug-likeness (QED) is 0.753. The van der Waals surface area contributed by atoms with E-state index in [-0.39, 0.29) is 5.76 Å². The first-order valence-electron chi connectivity index (χ1n) is 4.98. The smallest absolute Gasteiger partial charge is 0.404 e. The largest absolute Gasteiger partial charge is 0.422 e. The van der Waals surface area contributed by atoms with Crippen molar-refractivity contribution in [3.8, 4) is 0 Å². The van der Waals surface area contributed by atoms with Gasteiger partial charge in [0.05, 0.1) is 5.00 Å². The van der Waals surface area contributed by atoms with E-state index in [9.17, 15) is 9.59 Å². The highest BCUT2D eigenvalue weighted by Gasteiger charge is 2.33. The predicted octanol–water partition coefficient (Wildman–Crippen LogP) is 1.76. The van der Waals surface area contributed by atoms with Crippen molar-refractivity contribution >= 4 is 34.4 Å². The van der Waals surface area contributed by atoms with Gasteiger partial charge in [-0.3, -0.25) is 4.79 Å². The molecule has 0 aromatic carbocycles. The van der Waals surface area contributed by atoms with Crippen molar-refractivity contribution < 1.29 is 14.3 Å². The van der Waals surface area contributed by atoms with Crippen LogP contribution in [0.1, 0.15) is 4.88 Å². The number of nitrogens with zero attached hydrogens (tertiary/aromatic N) is 2. The van der Waals surface area contributed by atoms with Gasteiger partial charge in [-0.15, -0.1) is 11.3 Å². The van der Waals surface area contributed by atoms with Gasteiger partial charge in [0.2, 0.25) is 0 Å². The molecule has 1 aliphatic heterocycles. The average Bonchev–Trinajstić information content (AvgIpc) is 2.82. The van der Waals surface area contributed by atoms with E-state index in [1.165, 1.54) is 18.4 Å². The third kappa shape index (κ3) is 2.16. The maximum Gasteiger partial charge on any atom is 0.422 e. The molecule has 0 spiro atoms. The fraction of sp³-hybridized carbons (Fsp3) is 0.273. The van der Waals surface area contributed by atoms with Crippen LogP contribution in [0, 0.1) is 0 Å². The second kappa shape index (κ2) is 4.21. The van der Waals surface area contributed by atoms with E-state index in [0.29, 0.717) is 0 Å². The fourth-order valence-corrected chi connectivity index (χ4v) is 2.20. The van der Waals surface area contributed by atoms with E-state index in [2.05, 4.69) is 0 Å². The summed E-state index contributed by atoms with van der Waals surface area (Å²) in [4.78, 5) is 26.5. The Kier molecular flexibility index (Phi) is 2.89. The number of cyclic esters (lactones) is 1. The van der Waals surface area contributed by atoms with Crippen LogP contribution in [0.15, 0.2) is 17.9 Å². The van der Waals surface area contributed by atoms with E-state index < -0.39 is 12.0 Å². The van der Waals surface area contributed by atoms with Gasteiger partial charge in [-0.25, -0.2) is 9.69 Å². The van der Waals surface area contributed by atoms with Crippen LogP contribution in [0.5, 0.6) is 0 Å². The van der Waals surface area contributed by atoms with Gasteiger partial charge in [0.1, 0.15) is 0 Å². The summed E-state index contributed by atoms with van der Waals surface area (Å²) in [7, 11) is 5.28. The van der Waals surface area contributed by atoms with Crippen LogP contribution in [-0.2, 0) is 9.53 Å². The van der Waals surface area contributed by atoms with E-state index in [0.717, 1.165) is 14.8 Å². The number of ether oxygens (including phenoxy) is 1. The number of anilines is 1. The summed E-state index contributed by atoms with van der Waals surface area (Å²) < 4.78 is 4.85. The van der Waals surface area contributed by atoms with Gasteiger partial charge < -0.3 is 9.64 Å². The Morgan fingerprint density at radius 3 is 2.53 bits per heavy atom. The molecule has 1 aromatic rings. The lowest BCUT2D eigenvalue weighted by atomic mass is 10.3. The number of imide groups is 1. The van der Waals surface area contributed by atoms with Gasteiger partial charge >= 0.3 is 6.09 Å². The predicted molar refractivity (Wildman–Crippen MR) is 65.9 cm³/mol. The molecule has 2 heterocycles. The topological polar surface area (TPSA) is 49.9 Å². The molecule has 6 heteroatoms. The van der Waals surface area contributed by atoms with Gasteiger partial charge in [-0.05, 0) is 12.1 Å². The third-order valence-corrected chi connectivity index (χ3v) is 3.51. The van der Waals surface area contributed by atoms with Gasteiger partial charge in [0, 0.05) is 32.1 Å². The Hall–Kier alpha value is -1.82. The summed E-state index contributed by atoms with van der Waals surface area (Å²) in [6, 6.07) is 3.83. The number of thiophene rings is 1. The van der Waals surface area contributed by atoms with Crippen molar-refractivity contribution in [2.24, 2.45) is 0 Å². The molecule has 0 radical (unpaired) electrons. The molecule has 17 heavy (non-hydrogen) atoms. The van der Waals surface area contributed by atoms with Crippen LogP contribution in [0.25, 0.3) is 6.08 Å². The molecule has 1 fully saturated rings. The third-order valence-electron chi connectivity index (χ3n) is 2.31. The van der Waals surface area contributed by atoms with E-state index in [4.69, 9.17) is 4.74 Å². The molecular weight excluding hydrogens is 240 g/mol. The molecule has 0 bridgehead atoms. The molecule has 0 unspecified atom stereocenters. The van der Waals surface area contributed by atoms with Crippen LogP contribution in [0.3, 0.4) is 0 Å². The number of rotatable bonds is 2. The number of hydrogen-bond donors (Lipinski definition) is 0. The normalized spacial score (nSPS) is 17.8. The number of carbonyl (C=O) groups excluding carboxylic acids is 2. The maximum atomic E-state index is 11.6. The Morgan fingerprint density at radius 1 is 1.35 bits per heavy atom. The van der Waals surface area contributed by atoms with Gasteiger partial charge in [-0.1, -0.05) is 0 Å².